The van der Waals surface area contributed by atoms with E-state index in [-0.39, 0.29) is 11.5 Å². The summed E-state index contributed by atoms with van der Waals surface area (Å²) in [5.41, 5.74) is 0.429. The van der Waals surface area contributed by atoms with E-state index in [9.17, 15) is 14.4 Å². The van der Waals surface area contributed by atoms with Gasteiger partial charge in [-0.15, -0.1) is 0 Å². The number of hydrogen-bond acceptors (Lipinski definition) is 3. The van der Waals surface area contributed by atoms with Gasteiger partial charge in [0.15, 0.2) is 0 Å². The summed E-state index contributed by atoms with van der Waals surface area (Å²) in [6, 6.07) is 4.93. The fourth-order valence-electron chi connectivity index (χ4n) is 1.92. The van der Waals surface area contributed by atoms with Crippen LogP contribution in [-0.2, 0) is 4.79 Å². The summed E-state index contributed by atoms with van der Waals surface area (Å²) in [4.78, 5) is 36.4. The molecular weight excluding hydrogens is 272 g/mol. The standard InChI is InChI=1S/C15H20N2O4/c1-4-17(5-2)14(19)10(3)16-13(18)11-6-8-12(9-7-11)15(20)21/h6-10H,4-5H2,1-3H3,(H,16,18)(H,20,21). The second-order valence-electron chi connectivity index (χ2n) is 4.59. The zero-order valence-corrected chi connectivity index (χ0v) is 12.4. The van der Waals surface area contributed by atoms with Crippen LogP contribution in [0, 0.1) is 0 Å². The van der Waals surface area contributed by atoms with Crippen LogP contribution in [0.25, 0.3) is 0 Å². The molecule has 6 heteroatoms. The molecule has 0 saturated carbocycles. The van der Waals surface area contributed by atoms with Gasteiger partial charge in [-0.25, -0.2) is 4.79 Å². The van der Waals surface area contributed by atoms with Gasteiger partial charge in [0.2, 0.25) is 5.91 Å². The van der Waals surface area contributed by atoms with Crippen LogP contribution in [0.2, 0.25) is 0 Å². The normalized spacial score (nSPS) is 11.6. The van der Waals surface area contributed by atoms with Crippen LogP contribution >= 0.6 is 0 Å². The molecule has 0 bridgehead atoms. The average Bonchev–Trinajstić information content (AvgIpc) is 2.48. The van der Waals surface area contributed by atoms with Gasteiger partial charge in [0.25, 0.3) is 5.91 Å². The molecule has 0 heterocycles. The molecule has 0 aromatic heterocycles. The smallest absolute Gasteiger partial charge is 0.335 e. The highest BCUT2D eigenvalue weighted by Crippen LogP contribution is 2.05. The molecule has 1 rings (SSSR count). The lowest BCUT2D eigenvalue weighted by Crippen LogP contribution is -2.46. The molecular formula is C15H20N2O4. The number of nitrogens with zero attached hydrogens (tertiary/aromatic N) is 1. The Balaban J connectivity index is 2.72. The zero-order valence-electron chi connectivity index (χ0n) is 12.4. The first-order valence-corrected chi connectivity index (χ1v) is 6.83. The third-order valence-corrected chi connectivity index (χ3v) is 3.19. The van der Waals surface area contributed by atoms with Crippen molar-refractivity contribution in [3.63, 3.8) is 0 Å². The molecule has 2 amide bonds. The number of likely N-dealkylation sites (N-methyl/N-ethyl adjacent to an activating group) is 1. The van der Waals surface area contributed by atoms with E-state index in [0.717, 1.165) is 0 Å². The van der Waals surface area contributed by atoms with Crippen molar-refractivity contribution in [2.75, 3.05) is 13.1 Å². The van der Waals surface area contributed by atoms with Crippen LogP contribution in [0.15, 0.2) is 24.3 Å². The molecule has 0 aliphatic heterocycles. The summed E-state index contributed by atoms with van der Waals surface area (Å²) < 4.78 is 0. The minimum atomic E-state index is -1.05. The number of nitrogens with one attached hydrogen (secondary N) is 1. The third kappa shape index (κ3) is 4.30. The van der Waals surface area contributed by atoms with Gasteiger partial charge in [0.05, 0.1) is 5.56 Å². The van der Waals surface area contributed by atoms with Gasteiger partial charge in [-0.1, -0.05) is 0 Å². The van der Waals surface area contributed by atoms with E-state index in [0.29, 0.717) is 18.7 Å². The molecule has 0 radical (unpaired) electrons. The Kier molecular flexibility index (Phi) is 5.90. The Morgan fingerprint density at radius 1 is 1.10 bits per heavy atom. The van der Waals surface area contributed by atoms with Crippen LogP contribution in [0.4, 0.5) is 0 Å². The summed E-state index contributed by atoms with van der Waals surface area (Å²) >= 11 is 0. The number of carbonyl (C=O) groups is 3. The fraction of sp³-hybridized carbons (Fsp3) is 0.400. The molecule has 114 valence electrons. The monoisotopic (exact) mass is 292 g/mol. The van der Waals surface area contributed by atoms with E-state index in [1.165, 1.54) is 24.3 Å². The summed E-state index contributed by atoms with van der Waals surface area (Å²) in [5.74, 6) is -1.59. The number of carbonyl (C=O) groups excluding carboxylic acids is 2. The number of rotatable bonds is 6. The second-order valence-corrected chi connectivity index (χ2v) is 4.59. The summed E-state index contributed by atoms with van der Waals surface area (Å²) in [6.45, 7) is 6.55. The molecule has 21 heavy (non-hydrogen) atoms. The van der Waals surface area contributed by atoms with Gasteiger partial charge in [0.1, 0.15) is 6.04 Å². The van der Waals surface area contributed by atoms with Crippen molar-refractivity contribution in [1.82, 2.24) is 10.2 Å². The van der Waals surface area contributed by atoms with Gasteiger partial charge in [-0.3, -0.25) is 9.59 Å². The van der Waals surface area contributed by atoms with Crippen molar-refractivity contribution >= 4 is 17.8 Å². The quantitative estimate of drug-likeness (QED) is 0.829. The zero-order chi connectivity index (χ0) is 16.0. The van der Waals surface area contributed by atoms with Crippen molar-refractivity contribution in [1.29, 1.82) is 0 Å². The van der Waals surface area contributed by atoms with Gasteiger partial charge < -0.3 is 15.3 Å². The predicted octanol–water partition coefficient (Wildman–Crippen LogP) is 1.37. The first kappa shape index (κ1) is 16.7. The minimum Gasteiger partial charge on any atom is -0.478 e. The number of amides is 2. The lowest BCUT2D eigenvalue weighted by atomic mass is 10.1. The Bertz CT molecular complexity index is 521. The Morgan fingerprint density at radius 2 is 1.57 bits per heavy atom. The number of carboxylic acids is 1. The highest BCUT2D eigenvalue weighted by atomic mass is 16.4. The average molecular weight is 292 g/mol. The largest absolute Gasteiger partial charge is 0.478 e. The van der Waals surface area contributed by atoms with E-state index < -0.39 is 17.9 Å². The van der Waals surface area contributed by atoms with E-state index in [1.54, 1.807) is 11.8 Å². The second kappa shape index (κ2) is 7.42. The van der Waals surface area contributed by atoms with Crippen molar-refractivity contribution in [3.8, 4) is 0 Å². The summed E-state index contributed by atoms with van der Waals surface area (Å²) in [5, 5.41) is 11.4. The van der Waals surface area contributed by atoms with Crippen LogP contribution < -0.4 is 5.32 Å². The summed E-state index contributed by atoms with van der Waals surface area (Å²) in [6.07, 6.45) is 0. The fourth-order valence-corrected chi connectivity index (χ4v) is 1.92. The van der Waals surface area contributed by atoms with Crippen LogP contribution in [-0.4, -0.2) is 46.9 Å². The van der Waals surface area contributed by atoms with Gasteiger partial charge in [0, 0.05) is 18.7 Å². The highest BCUT2D eigenvalue weighted by Gasteiger charge is 2.20. The highest BCUT2D eigenvalue weighted by molar-refractivity contribution is 5.98. The van der Waals surface area contributed by atoms with Gasteiger partial charge >= 0.3 is 5.97 Å². The van der Waals surface area contributed by atoms with E-state index >= 15 is 0 Å². The first-order chi connectivity index (χ1) is 9.90. The molecule has 0 aliphatic rings. The molecule has 1 aromatic carbocycles. The molecule has 0 spiro atoms. The predicted molar refractivity (Wildman–Crippen MR) is 78.3 cm³/mol. The lowest BCUT2D eigenvalue weighted by Gasteiger charge is -2.23. The third-order valence-electron chi connectivity index (χ3n) is 3.19. The molecule has 0 fully saturated rings. The number of aromatic carboxylic acids is 1. The molecule has 6 nitrogen and oxygen atoms in total. The Morgan fingerprint density at radius 3 is 2.00 bits per heavy atom. The van der Waals surface area contributed by atoms with Crippen molar-refractivity contribution in [2.24, 2.45) is 0 Å². The topological polar surface area (TPSA) is 86.7 Å². The number of carboxylic acid groups (broad SMARTS) is 1. The maximum Gasteiger partial charge on any atom is 0.335 e. The summed E-state index contributed by atoms with van der Waals surface area (Å²) in [7, 11) is 0. The molecule has 1 aromatic rings. The number of benzene rings is 1. The Labute approximate surface area is 123 Å². The molecule has 2 N–H and O–H groups in total. The lowest BCUT2D eigenvalue weighted by molar-refractivity contribution is -0.132. The van der Waals surface area contributed by atoms with Gasteiger partial charge in [-0.05, 0) is 45.0 Å². The van der Waals surface area contributed by atoms with Crippen LogP contribution in [0.5, 0.6) is 0 Å². The van der Waals surface area contributed by atoms with Crippen LogP contribution in [0.1, 0.15) is 41.5 Å². The maximum absolute atomic E-state index is 12.0. The molecule has 0 aliphatic carbocycles. The van der Waals surface area contributed by atoms with E-state index in [4.69, 9.17) is 5.11 Å². The SMILES string of the molecule is CCN(CC)C(=O)C(C)NC(=O)c1ccc(C(=O)O)cc1. The number of hydrogen-bond donors (Lipinski definition) is 2. The molecule has 0 saturated heterocycles. The van der Waals surface area contributed by atoms with E-state index in [1.807, 2.05) is 13.8 Å². The van der Waals surface area contributed by atoms with Crippen molar-refractivity contribution in [2.45, 2.75) is 26.8 Å². The van der Waals surface area contributed by atoms with Gasteiger partial charge in [-0.2, -0.15) is 0 Å². The van der Waals surface area contributed by atoms with E-state index in [2.05, 4.69) is 5.32 Å². The van der Waals surface area contributed by atoms with Crippen LogP contribution in [0.3, 0.4) is 0 Å². The van der Waals surface area contributed by atoms with Crippen molar-refractivity contribution in [3.05, 3.63) is 35.4 Å². The minimum absolute atomic E-state index is 0.110. The first-order valence-electron chi connectivity index (χ1n) is 6.83. The van der Waals surface area contributed by atoms with Crippen molar-refractivity contribution < 1.29 is 19.5 Å². The molecule has 1 atom stereocenters. The maximum atomic E-state index is 12.0. The molecule has 1 unspecified atom stereocenters. The Hall–Kier alpha value is -2.37.